The van der Waals surface area contributed by atoms with Crippen molar-refractivity contribution < 1.29 is 48.6 Å². The van der Waals surface area contributed by atoms with Crippen molar-refractivity contribution in [1.82, 2.24) is 4.90 Å². The number of carbonyl (C=O) groups excluding carboxylic acids is 1. The number of carbonyl (C=O) groups is 1. The Morgan fingerprint density at radius 1 is 1.05 bits per heavy atom. The quantitative estimate of drug-likeness (QED) is 0.281. The second-order valence-corrected chi connectivity index (χ2v) is 13.6. The maximum Gasteiger partial charge on any atom is 0.311 e. The number of aliphatic hydroxyl groups excluding tert-OH is 2. The fourth-order valence-corrected chi connectivity index (χ4v) is 7.28. The molecule has 2 rings (SSSR count). The molecule has 0 aliphatic carbocycles. The van der Waals surface area contributed by atoms with Gasteiger partial charge in [0.2, 0.25) is 0 Å². The van der Waals surface area contributed by atoms with Crippen LogP contribution in [0.1, 0.15) is 74.7 Å². The van der Waals surface area contributed by atoms with Crippen LogP contribution < -0.4 is 0 Å². The molecule has 12 nitrogen and oxygen atoms in total. The van der Waals surface area contributed by atoms with Crippen LogP contribution in [0, 0.1) is 23.7 Å². The number of likely N-dealkylation sites (N-methyl/N-ethyl adjacent to an activating group) is 1. The van der Waals surface area contributed by atoms with Crippen LogP contribution in [0.4, 0.5) is 0 Å². The van der Waals surface area contributed by atoms with Gasteiger partial charge in [0, 0.05) is 38.0 Å². The van der Waals surface area contributed by atoms with Crippen molar-refractivity contribution in [3.05, 3.63) is 0 Å². The minimum Gasteiger partial charge on any atom is -0.459 e. The van der Waals surface area contributed by atoms with E-state index < -0.39 is 71.7 Å². The van der Waals surface area contributed by atoms with Gasteiger partial charge in [0.05, 0.1) is 41.6 Å². The van der Waals surface area contributed by atoms with E-state index in [1.165, 1.54) is 21.1 Å². The number of ether oxygens (including phenoxy) is 5. The highest BCUT2D eigenvalue weighted by Crippen LogP contribution is 2.40. The van der Waals surface area contributed by atoms with Crippen LogP contribution in [-0.4, -0.2) is 127 Å². The molecule has 2 aliphatic heterocycles. The van der Waals surface area contributed by atoms with Gasteiger partial charge in [0.25, 0.3) is 0 Å². The molecular weight excluding hydrogens is 572 g/mol. The molecule has 258 valence electrons. The number of oxime groups is 1. The molecule has 3 N–H and O–H groups in total. The highest BCUT2D eigenvalue weighted by Gasteiger charge is 2.52. The summed E-state index contributed by atoms with van der Waals surface area (Å²) in [4.78, 5) is 20.8. The van der Waals surface area contributed by atoms with Gasteiger partial charge in [0.1, 0.15) is 24.9 Å². The average Bonchev–Trinajstić information content (AvgIpc) is 2.96. The second kappa shape index (κ2) is 15.9. The molecule has 0 aromatic rings. The van der Waals surface area contributed by atoms with Gasteiger partial charge in [-0.25, -0.2) is 0 Å². The van der Waals surface area contributed by atoms with E-state index in [9.17, 15) is 20.1 Å². The van der Waals surface area contributed by atoms with Crippen molar-refractivity contribution >= 4 is 11.7 Å². The number of methoxy groups -OCH3 is 2. The Bertz CT molecular complexity index is 948. The van der Waals surface area contributed by atoms with Crippen LogP contribution in [0.5, 0.6) is 0 Å². The van der Waals surface area contributed by atoms with Crippen LogP contribution >= 0.6 is 0 Å². The molecule has 2 fully saturated rings. The maximum atomic E-state index is 13.6. The molecule has 0 unspecified atom stereocenters. The lowest BCUT2D eigenvalue weighted by molar-refractivity contribution is -0.301. The topological polar surface area (TPSA) is 149 Å². The molecule has 2 aliphatic rings. The number of cyclic esters (lactones) is 1. The van der Waals surface area contributed by atoms with E-state index in [1.54, 1.807) is 27.9 Å². The number of aliphatic hydroxyl groups is 3. The van der Waals surface area contributed by atoms with Gasteiger partial charge in [0.15, 0.2) is 6.29 Å². The van der Waals surface area contributed by atoms with Crippen molar-refractivity contribution in [3.8, 4) is 0 Å². The number of rotatable bonds is 7. The zero-order valence-electron chi connectivity index (χ0n) is 29.1. The molecule has 0 aromatic carbocycles. The van der Waals surface area contributed by atoms with Crippen LogP contribution in [0.15, 0.2) is 5.16 Å². The molecule has 2 saturated heterocycles. The first-order valence-electron chi connectivity index (χ1n) is 15.9. The summed E-state index contributed by atoms with van der Waals surface area (Å²) in [6, 6.07) is -0.195. The zero-order valence-corrected chi connectivity index (χ0v) is 29.1. The zero-order chi connectivity index (χ0) is 33.7. The summed E-state index contributed by atoms with van der Waals surface area (Å²) in [7, 11) is 8.36. The van der Waals surface area contributed by atoms with E-state index in [-0.39, 0.29) is 24.5 Å². The van der Waals surface area contributed by atoms with Crippen molar-refractivity contribution in [3.63, 3.8) is 0 Å². The SMILES string of the molecule is CC[C@H]1OC(=O)[C@H](C)[C@@H](OC)[C@H](C)[C@@H](O[C@@H]2O[C@H](C)C[C@H](N(C)C)[C@H]2O)[C@@](C)(OC)C[C@@H](C)/C(=N\OC)[C@H](C)[C@@H](O)[C@]1(C)O. The Balaban J connectivity index is 2.73. The monoisotopic (exact) mass is 632 g/mol. The third-order valence-electron chi connectivity index (χ3n) is 9.99. The van der Waals surface area contributed by atoms with E-state index >= 15 is 0 Å². The van der Waals surface area contributed by atoms with Gasteiger partial charge in [-0.15, -0.1) is 0 Å². The van der Waals surface area contributed by atoms with Crippen molar-refractivity contribution in [1.29, 1.82) is 0 Å². The average molecular weight is 633 g/mol. The Labute approximate surface area is 264 Å². The first-order valence-corrected chi connectivity index (χ1v) is 15.9. The number of esters is 1. The van der Waals surface area contributed by atoms with E-state index in [2.05, 4.69) is 5.16 Å². The normalized spacial score (nSPS) is 46.0. The number of nitrogens with zero attached hydrogens (tertiary/aromatic N) is 2. The lowest BCUT2D eigenvalue weighted by Crippen LogP contribution is -2.60. The highest BCUT2D eigenvalue weighted by atomic mass is 16.7. The predicted octanol–water partition coefficient (Wildman–Crippen LogP) is 2.60. The summed E-state index contributed by atoms with van der Waals surface area (Å²) in [6.07, 6.45) is -4.65. The Hall–Kier alpha value is -1.38. The van der Waals surface area contributed by atoms with Crippen molar-refractivity contribution in [2.75, 3.05) is 35.4 Å². The summed E-state index contributed by atoms with van der Waals surface area (Å²) in [5.41, 5.74) is -2.32. The van der Waals surface area contributed by atoms with Crippen LogP contribution in [-0.2, 0) is 33.3 Å². The van der Waals surface area contributed by atoms with Gasteiger partial charge >= 0.3 is 5.97 Å². The van der Waals surface area contributed by atoms with Crippen molar-refractivity contribution in [2.45, 2.75) is 135 Å². The lowest BCUT2D eigenvalue weighted by atomic mass is 9.73. The predicted molar refractivity (Wildman–Crippen MR) is 166 cm³/mol. The molecule has 0 amide bonds. The molecule has 14 atom stereocenters. The fourth-order valence-electron chi connectivity index (χ4n) is 7.28. The summed E-state index contributed by atoms with van der Waals surface area (Å²) in [6.45, 7) is 14.4. The van der Waals surface area contributed by atoms with E-state index in [0.29, 0.717) is 18.6 Å². The maximum absolute atomic E-state index is 13.6. The molecule has 0 aromatic heterocycles. The van der Waals surface area contributed by atoms with E-state index in [0.717, 1.165) is 0 Å². The first kappa shape index (κ1) is 38.8. The van der Waals surface area contributed by atoms with Gasteiger partial charge < -0.3 is 48.7 Å². The molecule has 44 heavy (non-hydrogen) atoms. The summed E-state index contributed by atoms with van der Waals surface area (Å²) in [5, 5.41) is 38.7. The minimum absolute atomic E-state index is 0.175. The fraction of sp³-hybridized carbons (Fsp3) is 0.938. The van der Waals surface area contributed by atoms with Crippen LogP contribution in [0.3, 0.4) is 0 Å². The van der Waals surface area contributed by atoms with Gasteiger partial charge in [-0.2, -0.15) is 0 Å². The van der Waals surface area contributed by atoms with Gasteiger partial charge in [-0.05, 0) is 61.1 Å². The Morgan fingerprint density at radius 3 is 2.16 bits per heavy atom. The second-order valence-electron chi connectivity index (χ2n) is 13.6. The minimum atomic E-state index is -1.79. The van der Waals surface area contributed by atoms with Gasteiger partial charge in [-0.1, -0.05) is 32.9 Å². The molecular formula is C32H60N2O10. The lowest BCUT2D eigenvalue weighted by Gasteiger charge is -2.48. The molecule has 0 spiro atoms. The molecule has 2 heterocycles. The Morgan fingerprint density at radius 2 is 1.66 bits per heavy atom. The summed E-state index contributed by atoms with van der Waals surface area (Å²) >= 11 is 0. The Kier molecular flexibility index (Phi) is 14.1. The van der Waals surface area contributed by atoms with Crippen LogP contribution in [0.2, 0.25) is 0 Å². The highest BCUT2D eigenvalue weighted by molar-refractivity contribution is 5.88. The number of hydrogen-bond donors (Lipinski definition) is 3. The van der Waals surface area contributed by atoms with E-state index in [4.69, 9.17) is 28.5 Å². The van der Waals surface area contributed by atoms with Gasteiger partial charge in [-0.3, -0.25) is 4.79 Å². The smallest absolute Gasteiger partial charge is 0.311 e. The van der Waals surface area contributed by atoms with Crippen LogP contribution in [0.25, 0.3) is 0 Å². The largest absolute Gasteiger partial charge is 0.459 e. The standard InChI is InChI=1S/C32H60N2O10/c1-14-23-32(8,38)27(36)19(4)24(33-41-13)17(2)16-31(7,40-12)28(20(5)26(39-11)21(6)29(37)43-23)44-30-25(35)22(34(9)10)15-18(3)42-30/h17-23,25-28,30,35-36,38H,14-16H2,1-13H3/b33-24+/t17-,18-,19+,20+,21-,22+,23-,25-,26+,27-,28-,30+,31+,32-/m1/s1. The third kappa shape index (κ3) is 8.31. The van der Waals surface area contributed by atoms with E-state index in [1.807, 2.05) is 46.7 Å². The molecule has 12 heteroatoms. The summed E-state index contributed by atoms with van der Waals surface area (Å²) < 4.78 is 31.0. The van der Waals surface area contributed by atoms with Crippen molar-refractivity contribution in [2.24, 2.45) is 28.8 Å². The molecule has 0 radical (unpaired) electrons. The molecule has 0 saturated carbocycles. The molecule has 0 bridgehead atoms. The summed E-state index contributed by atoms with van der Waals surface area (Å²) in [5.74, 6) is -2.84. The number of hydrogen-bond acceptors (Lipinski definition) is 12. The third-order valence-corrected chi connectivity index (χ3v) is 9.99. The first-order chi connectivity index (χ1) is 20.4.